The van der Waals surface area contributed by atoms with E-state index >= 15 is 0 Å². The highest BCUT2D eigenvalue weighted by molar-refractivity contribution is 5.86. The van der Waals surface area contributed by atoms with Crippen molar-refractivity contribution in [2.75, 3.05) is 0 Å². The number of carbonyl (C=O) groups excluding carboxylic acids is 2. The van der Waals surface area contributed by atoms with Gasteiger partial charge in [0.2, 0.25) is 5.91 Å². The Hall–Kier alpha value is -3.80. The molecule has 2 amide bonds. The lowest BCUT2D eigenvalue weighted by Crippen LogP contribution is -2.50. The monoisotopic (exact) mass is 460 g/mol. The highest BCUT2D eigenvalue weighted by atomic mass is 16.5. The van der Waals surface area contributed by atoms with Crippen molar-refractivity contribution < 1.29 is 19.1 Å². The summed E-state index contributed by atoms with van der Waals surface area (Å²) in [6.07, 6.45) is 0.502. The van der Waals surface area contributed by atoms with Gasteiger partial charge in [0.15, 0.2) is 0 Å². The van der Waals surface area contributed by atoms with E-state index in [1.807, 2.05) is 98.8 Å². The number of amides is 2. The molecule has 6 heteroatoms. The Morgan fingerprint density at radius 1 is 0.765 bits per heavy atom. The summed E-state index contributed by atoms with van der Waals surface area (Å²) >= 11 is 0. The van der Waals surface area contributed by atoms with Crippen LogP contribution in [0.3, 0.4) is 0 Å². The van der Waals surface area contributed by atoms with Gasteiger partial charge in [0.1, 0.15) is 25.0 Å². The standard InChI is InChI=1S/C28H32N2O4/c1-3-21(2)29-27(31)26(30-28(32)34-20-24-12-8-5-9-13-24)18-22-14-16-25(17-15-22)33-19-23-10-6-4-7-11-23/h4-17,21,26H,3,18-20H2,1-2H3,(H,29,31)(H,30,32)/t21-,26-/m0/s1. The summed E-state index contributed by atoms with van der Waals surface area (Å²) in [6, 6.07) is 26.2. The normalized spacial score (nSPS) is 12.3. The summed E-state index contributed by atoms with van der Waals surface area (Å²) < 4.78 is 11.2. The highest BCUT2D eigenvalue weighted by Gasteiger charge is 2.23. The SMILES string of the molecule is CC[C@H](C)NC(=O)[C@H](Cc1ccc(OCc2ccccc2)cc1)NC(=O)OCc1ccccc1. The van der Waals surface area contributed by atoms with Gasteiger partial charge in [-0.3, -0.25) is 4.79 Å². The van der Waals surface area contributed by atoms with Gasteiger partial charge in [-0.1, -0.05) is 79.7 Å². The summed E-state index contributed by atoms with van der Waals surface area (Å²) in [5.74, 6) is 0.499. The predicted octanol–water partition coefficient (Wildman–Crippen LogP) is 5.02. The van der Waals surface area contributed by atoms with Crippen LogP contribution in [-0.2, 0) is 29.2 Å². The van der Waals surface area contributed by atoms with Crippen LogP contribution in [-0.4, -0.2) is 24.1 Å². The molecule has 0 saturated carbocycles. The molecule has 0 aliphatic heterocycles. The van der Waals surface area contributed by atoms with E-state index in [1.165, 1.54) is 0 Å². The van der Waals surface area contributed by atoms with E-state index in [9.17, 15) is 9.59 Å². The van der Waals surface area contributed by atoms with Crippen LogP contribution in [0.1, 0.15) is 37.0 Å². The molecule has 3 rings (SSSR count). The smallest absolute Gasteiger partial charge is 0.408 e. The Kier molecular flexibility index (Phi) is 9.52. The van der Waals surface area contributed by atoms with Crippen LogP contribution in [0.15, 0.2) is 84.9 Å². The van der Waals surface area contributed by atoms with Crippen LogP contribution in [0.4, 0.5) is 4.79 Å². The molecule has 2 N–H and O–H groups in total. The molecule has 2 atom stereocenters. The quantitative estimate of drug-likeness (QED) is 0.421. The molecule has 3 aromatic carbocycles. The molecule has 0 saturated heterocycles. The van der Waals surface area contributed by atoms with Crippen molar-refractivity contribution >= 4 is 12.0 Å². The largest absolute Gasteiger partial charge is 0.489 e. The molecule has 0 aromatic heterocycles. The van der Waals surface area contributed by atoms with Crippen molar-refractivity contribution in [1.82, 2.24) is 10.6 Å². The summed E-state index contributed by atoms with van der Waals surface area (Å²) in [4.78, 5) is 25.3. The topological polar surface area (TPSA) is 76.7 Å². The fourth-order valence-electron chi connectivity index (χ4n) is 3.26. The van der Waals surface area contributed by atoms with Crippen LogP contribution >= 0.6 is 0 Å². The molecule has 0 bridgehead atoms. The van der Waals surface area contributed by atoms with Crippen LogP contribution in [0.2, 0.25) is 0 Å². The first-order valence-corrected chi connectivity index (χ1v) is 11.6. The number of hydrogen-bond acceptors (Lipinski definition) is 4. The number of carbonyl (C=O) groups is 2. The van der Waals surface area contributed by atoms with Crippen molar-refractivity contribution in [2.24, 2.45) is 0 Å². The first-order valence-electron chi connectivity index (χ1n) is 11.6. The maximum atomic E-state index is 12.8. The van der Waals surface area contributed by atoms with Crippen molar-refractivity contribution in [1.29, 1.82) is 0 Å². The average molecular weight is 461 g/mol. The van der Waals surface area contributed by atoms with Crippen molar-refractivity contribution in [3.05, 3.63) is 102 Å². The van der Waals surface area contributed by atoms with E-state index < -0.39 is 12.1 Å². The number of rotatable bonds is 11. The second kappa shape index (κ2) is 13.0. The maximum absolute atomic E-state index is 12.8. The van der Waals surface area contributed by atoms with Crippen LogP contribution in [0.5, 0.6) is 5.75 Å². The number of alkyl carbamates (subject to hydrolysis) is 1. The molecule has 0 heterocycles. The Morgan fingerprint density at radius 3 is 1.94 bits per heavy atom. The molecule has 0 aliphatic rings. The average Bonchev–Trinajstić information content (AvgIpc) is 2.87. The summed E-state index contributed by atoms with van der Waals surface area (Å²) in [5.41, 5.74) is 2.87. The first kappa shape index (κ1) is 24.8. The summed E-state index contributed by atoms with van der Waals surface area (Å²) in [5, 5.41) is 5.67. The second-order valence-corrected chi connectivity index (χ2v) is 8.20. The second-order valence-electron chi connectivity index (χ2n) is 8.20. The molecule has 0 fully saturated rings. The number of nitrogens with one attached hydrogen (secondary N) is 2. The van der Waals surface area contributed by atoms with Gasteiger partial charge in [-0.15, -0.1) is 0 Å². The molecule has 0 radical (unpaired) electrons. The van der Waals surface area contributed by atoms with E-state index in [0.29, 0.717) is 13.0 Å². The van der Waals surface area contributed by atoms with Crippen molar-refractivity contribution in [3.8, 4) is 5.75 Å². The van der Waals surface area contributed by atoms with Crippen LogP contribution in [0, 0.1) is 0 Å². The van der Waals surface area contributed by atoms with E-state index in [4.69, 9.17) is 9.47 Å². The first-order chi connectivity index (χ1) is 16.5. The van der Waals surface area contributed by atoms with E-state index in [0.717, 1.165) is 28.9 Å². The fraction of sp³-hybridized carbons (Fsp3) is 0.286. The van der Waals surface area contributed by atoms with E-state index in [2.05, 4.69) is 10.6 Å². The third kappa shape index (κ3) is 8.28. The lowest BCUT2D eigenvalue weighted by Gasteiger charge is -2.21. The highest BCUT2D eigenvalue weighted by Crippen LogP contribution is 2.16. The molecule has 34 heavy (non-hydrogen) atoms. The molecule has 0 spiro atoms. The Labute approximate surface area is 201 Å². The summed E-state index contributed by atoms with van der Waals surface area (Å²) in [6.45, 7) is 4.55. The van der Waals surface area contributed by atoms with E-state index in [-0.39, 0.29) is 18.6 Å². The Morgan fingerprint density at radius 2 is 1.35 bits per heavy atom. The lowest BCUT2D eigenvalue weighted by atomic mass is 10.0. The van der Waals surface area contributed by atoms with Gasteiger partial charge in [0.05, 0.1) is 0 Å². The zero-order chi connectivity index (χ0) is 24.2. The number of ether oxygens (including phenoxy) is 2. The third-order valence-corrected chi connectivity index (χ3v) is 5.43. The zero-order valence-corrected chi connectivity index (χ0v) is 19.7. The zero-order valence-electron chi connectivity index (χ0n) is 19.7. The van der Waals surface area contributed by atoms with Crippen molar-refractivity contribution in [3.63, 3.8) is 0 Å². The van der Waals surface area contributed by atoms with Crippen LogP contribution < -0.4 is 15.4 Å². The number of hydrogen-bond donors (Lipinski definition) is 2. The molecular formula is C28H32N2O4. The minimum Gasteiger partial charge on any atom is -0.489 e. The minimum absolute atomic E-state index is 0.00546. The Bertz CT molecular complexity index is 1020. The summed E-state index contributed by atoms with van der Waals surface area (Å²) in [7, 11) is 0. The van der Waals surface area contributed by atoms with Gasteiger partial charge in [0.25, 0.3) is 0 Å². The third-order valence-electron chi connectivity index (χ3n) is 5.43. The minimum atomic E-state index is -0.756. The molecule has 0 aliphatic carbocycles. The molecule has 0 unspecified atom stereocenters. The van der Waals surface area contributed by atoms with Gasteiger partial charge in [-0.25, -0.2) is 4.79 Å². The molecule has 6 nitrogen and oxygen atoms in total. The van der Waals surface area contributed by atoms with Gasteiger partial charge in [-0.2, -0.15) is 0 Å². The number of benzene rings is 3. The fourth-order valence-corrected chi connectivity index (χ4v) is 3.26. The van der Waals surface area contributed by atoms with Crippen molar-refractivity contribution in [2.45, 2.75) is 52.0 Å². The molecule has 178 valence electrons. The van der Waals surface area contributed by atoms with Gasteiger partial charge in [-0.05, 0) is 42.2 Å². The molecular weight excluding hydrogens is 428 g/mol. The van der Waals surface area contributed by atoms with Crippen LogP contribution in [0.25, 0.3) is 0 Å². The predicted molar refractivity (Wildman–Crippen MR) is 132 cm³/mol. The Balaban J connectivity index is 1.59. The van der Waals surface area contributed by atoms with E-state index in [1.54, 1.807) is 0 Å². The van der Waals surface area contributed by atoms with Gasteiger partial charge in [0, 0.05) is 12.5 Å². The van der Waals surface area contributed by atoms with Gasteiger partial charge < -0.3 is 20.1 Å². The molecule has 3 aromatic rings. The van der Waals surface area contributed by atoms with Gasteiger partial charge >= 0.3 is 6.09 Å². The maximum Gasteiger partial charge on any atom is 0.408 e. The lowest BCUT2D eigenvalue weighted by molar-refractivity contribution is -0.123.